The zero-order valence-electron chi connectivity index (χ0n) is 18.3. The average molecular weight is 432 g/mol. The summed E-state index contributed by atoms with van der Waals surface area (Å²) in [6.07, 6.45) is 0.325. The van der Waals surface area contributed by atoms with Gasteiger partial charge in [0.15, 0.2) is 11.5 Å². The normalized spacial score (nSPS) is 14.3. The molecule has 0 spiro atoms. The molecule has 10 heteroatoms. The van der Waals surface area contributed by atoms with E-state index in [2.05, 4.69) is 15.4 Å². The Morgan fingerprint density at radius 3 is 2.19 bits per heavy atom. The topological polar surface area (TPSA) is 106 Å². The molecule has 1 aromatic carbocycles. The molecule has 3 rings (SSSR count). The van der Waals surface area contributed by atoms with E-state index in [1.54, 1.807) is 30.0 Å². The van der Waals surface area contributed by atoms with Crippen LogP contribution in [0.1, 0.15) is 22.7 Å². The predicted molar refractivity (Wildman–Crippen MR) is 113 cm³/mol. The second-order valence-electron chi connectivity index (χ2n) is 7.18. The molecule has 1 N–H and O–H groups in total. The lowest BCUT2D eigenvalue weighted by Gasteiger charge is -2.34. The summed E-state index contributed by atoms with van der Waals surface area (Å²) in [5.74, 6) is 1.40. The molecule has 2 heterocycles. The van der Waals surface area contributed by atoms with Crippen LogP contribution in [0.15, 0.2) is 22.7 Å². The van der Waals surface area contributed by atoms with Crippen LogP contribution in [-0.4, -0.2) is 80.8 Å². The van der Waals surface area contributed by atoms with Gasteiger partial charge in [-0.3, -0.25) is 14.5 Å². The number of ether oxygens (including phenoxy) is 3. The first-order valence-electron chi connectivity index (χ1n) is 10.00. The smallest absolute Gasteiger partial charge is 0.292 e. The van der Waals surface area contributed by atoms with Crippen molar-refractivity contribution < 1.29 is 28.3 Å². The molecule has 0 bridgehead atoms. The van der Waals surface area contributed by atoms with Crippen LogP contribution in [0.25, 0.3) is 0 Å². The van der Waals surface area contributed by atoms with Crippen molar-refractivity contribution in [2.24, 2.45) is 0 Å². The van der Waals surface area contributed by atoms with E-state index in [4.69, 9.17) is 18.7 Å². The van der Waals surface area contributed by atoms with E-state index in [9.17, 15) is 9.59 Å². The van der Waals surface area contributed by atoms with Crippen LogP contribution in [0.5, 0.6) is 17.2 Å². The molecular weight excluding hydrogens is 404 g/mol. The van der Waals surface area contributed by atoms with E-state index in [-0.39, 0.29) is 17.6 Å². The predicted octanol–water partition coefficient (Wildman–Crippen LogP) is 1.80. The molecule has 0 atom stereocenters. The number of amides is 2. The molecule has 168 valence electrons. The van der Waals surface area contributed by atoms with E-state index in [0.29, 0.717) is 67.8 Å². The summed E-state index contributed by atoms with van der Waals surface area (Å²) in [7, 11) is 4.58. The van der Waals surface area contributed by atoms with E-state index in [0.717, 1.165) is 0 Å². The Kier molecular flexibility index (Phi) is 7.35. The highest BCUT2D eigenvalue weighted by molar-refractivity contribution is 5.92. The number of hydrogen-bond donors (Lipinski definition) is 1. The highest BCUT2D eigenvalue weighted by atomic mass is 16.5. The molecule has 10 nitrogen and oxygen atoms in total. The molecule has 1 fully saturated rings. The van der Waals surface area contributed by atoms with Crippen LogP contribution in [0.4, 0.5) is 5.69 Å². The fraction of sp³-hybridized carbons (Fsp3) is 0.476. The molecule has 1 aliphatic rings. The number of benzene rings is 1. The highest BCUT2D eigenvalue weighted by Crippen LogP contribution is 2.39. The Bertz CT molecular complexity index is 895. The van der Waals surface area contributed by atoms with Crippen molar-refractivity contribution in [3.05, 3.63) is 29.7 Å². The molecular formula is C21H28N4O6. The van der Waals surface area contributed by atoms with Crippen LogP contribution in [0.3, 0.4) is 0 Å². The lowest BCUT2D eigenvalue weighted by Crippen LogP contribution is -2.49. The maximum absolute atomic E-state index is 12.4. The minimum absolute atomic E-state index is 0.120. The van der Waals surface area contributed by atoms with Gasteiger partial charge in [-0.25, -0.2) is 0 Å². The molecule has 1 aromatic heterocycles. The zero-order valence-corrected chi connectivity index (χ0v) is 18.3. The third-order valence-electron chi connectivity index (χ3n) is 5.10. The number of carbonyl (C=O) groups excluding carboxylic acids is 2. The summed E-state index contributed by atoms with van der Waals surface area (Å²) >= 11 is 0. The van der Waals surface area contributed by atoms with Crippen molar-refractivity contribution >= 4 is 17.5 Å². The van der Waals surface area contributed by atoms with Crippen LogP contribution in [0, 0.1) is 6.92 Å². The molecule has 0 radical (unpaired) electrons. The lowest BCUT2D eigenvalue weighted by atomic mass is 10.2. The van der Waals surface area contributed by atoms with Crippen LogP contribution in [0.2, 0.25) is 0 Å². The van der Waals surface area contributed by atoms with Crippen molar-refractivity contribution in [3.8, 4) is 17.2 Å². The maximum atomic E-state index is 12.4. The van der Waals surface area contributed by atoms with Gasteiger partial charge in [0.1, 0.15) is 0 Å². The Balaban J connectivity index is 1.48. The molecule has 1 aliphatic heterocycles. The Morgan fingerprint density at radius 1 is 1.03 bits per heavy atom. The lowest BCUT2D eigenvalue weighted by molar-refractivity contribution is -0.116. The van der Waals surface area contributed by atoms with Crippen molar-refractivity contribution in [1.29, 1.82) is 0 Å². The fourth-order valence-corrected chi connectivity index (χ4v) is 3.43. The Labute approximate surface area is 181 Å². The van der Waals surface area contributed by atoms with Crippen LogP contribution >= 0.6 is 0 Å². The van der Waals surface area contributed by atoms with Gasteiger partial charge in [0, 0.05) is 63.0 Å². The van der Waals surface area contributed by atoms with Crippen molar-refractivity contribution in [3.63, 3.8) is 0 Å². The van der Waals surface area contributed by atoms with Gasteiger partial charge >= 0.3 is 0 Å². The van der Waals surface area contributed by atoms with E-state index < -0.39 is 0 Å². The van der Waals surface area contributed by atoms with Crippen molar-refractivity contribution in [2.45, 2.75) is 13.3 Å². The number of nitrogens with zero attached hydrogens (tertiary/aromatic N) is 3. The highest BCUT2D eigenvalue weighted by Gasteiger charge is 2.25. The number of aromatic nitrogens is 1. The number of hydrogen-bond acceptors (Lipinski definition) is 8. The van der Waals surface area contributed by atoms with E-state index in [1.165, 1.54) is 21.3 Å². The summed E-state index contributed by atoms with van der Waals surface area (Å²) < 4.78 is 21.0. The molecule has 31 heavy (non-hydrogen) atoms. The summed E-state index contributed by atoms with van der Waals surface area (Å²) in [5.41, 5.74) is 1.25. The first kappa shape index (κ1) is 22.4. The SMILES string of the molecule is COc1cc(NC(=O)CCN2CCN(C(=O)c3cc(C)no3)CC2)cc(OC)c1OC. The van der Waals surface area contributed by atoms with Gasteiger partial charge in [0.25, 0.3) is 5.91 Å². The third kappa shape index (κ3) is 5.46. The number of rotatable bonds is 8. The molecule has 0 aliphatic carbocycles. The number of methoxy groups -OCH3 is 3. The maximum Gasteiger partial charge on any atom is 0.292 e. The molecule has 2 amide bonds. The van der Waals surface area contributed by atoms with Crippen molar-refractivity contribution in [2.75, 3.05) is 59.4 Å². The number of aryl methyl sites for hydroxylation is 1. The van der Waals surface area contributed by atoms with Crippen LogP contribution in [-0.2, 0) is 4.79 Å². The van der Waals surface area contributed by atoms with Crippen LogP contribution < -0.4 is 19.5 Å². The summed E-state index contributed by atoms with van der Waals surface area (Å²) in [4.78, 5) is 28.8. The standard InChI is InChI=1S/C21H28N4O6/c1-14-11-18(31-23-14)21(27)25-9-7-24(8-10-25)6-5-19(26)22-15-12-16(28-2)20(30-4)17(13-15)29-3/h11-13H,5-10H2,1-4H3,(H,22,26). The zero-order chi connectivity index (χ0) is 22.4. The second kappa shape index (κ2) is 10.2. The minimum Gasteiger partial charge on any atom is -0.493 e. The number of nitrogens with one attached hydrogen (secondary N) is 1. The summed E-state index contributed by atoms with van der Waals surface area (Å²) in [6.45, 7) is 4.91. The Morgan fingerprint density at radius 2 is 1.68 bits per heavy atom. The number of piperazine rings is 1. The summed E-state index contributed by atoms with van der Waals surface area (Å²) in [5, 5.41) is 6.63. The van der Waals surface area contributed by atoms with Gasteiger partial charge in [-0.15, -0.1) is 0 Å². The number of anilines is 1. The van der Waals surface area contributed by atoms with Gasteiger partial charge in [0.05, 0.1) is 27.0 Å². The minimum atomic E-state index is -0.152. The third-order valence-corrected chi connectivity index (χ3v) is 5.10. The largest absolute Gasteiger partial charge is 0.493 e. The van der Waals surface area contributed by atoms with Gasteiger partial charge in [-0.05, 0) is 6.92 Å². The Hall–Kier alpha value is -3.27. The van der Waals surface area contributed by atoms with Gasteiger partial charge < -0.3 is 29.0 Å². The molecule has 1 saturated heterocycles. The van der Waals surface area contributed by atoms with Gasteiger partial charge in [-0.2, -0.15) is 0 Å². The van der Waals surface area contributed by atoms with Crippen molar-refractivity contribution in [1.82, 2.24) is 15.0 Å². The van der Waals surface area contributed by atoms with Gasteiger partial charge in [-0.1, -0.05) is 5.16 Å². The first-order valence-corrected chi connectivity index (χ1v) is 10.00. The first-order chi connectivity index (χ1) is 14.9. The van der Waals surface area contributed by atoms with Gasteiger partial charge in [0.2, 0.25) is 17.4 Å². The second-order valence-corrected chi connectivity index (χ2v) is 7.18. The van der Waals surface area contributed by atoms with E-state index >= 15 is 0 Å². The molecule has 2 aromatic rings. The monoisotopic (exact) mass is 432 g/mol. The molecule has 0 unspecified atom stereocenters. The number of carbonyl (C=O) groups is 2. The van der Waals surface area contributed by atoms with E-state index in [1.807, 2.05) is 0 Å². The fourth-order valence-electron chi connectivity index (χ4n) is 3.43. The average Bonchev–Trinajstić information content (AvgIpc) is 3.23. The quantitative estimate of drug-likeness (QED) is 0.673. The molecule has 0 saturated carbocycles. The summed E-state index contributed by atoms with van der Waals surface area (Å²) in [6, 6.07) is 5.02.